The third-order valence-corrected chi connectivity index (χ3v) is 2.58. The first-order valence-electron chi connectivity index (χ1n) is 4.86. The molecular formula is C12H11BrN2O. The fourth-order valence-electron chi connectivity index (χ4n) is 1.27. The Hall–Kier alpha value is -1.39. The number of aromatic nitrogens is 1. The van der Waals surface area contributed by atoms with Crippen molar-refractivity contribution < 1.29 is 4.74 Å². The Morgan fingerprint density at radius 1 is 1.12 bits per heavy atom. The molecule has 3 nitrogen and oxygen atoms in total. The van der Waals surface area contributed by atoms with Crippen molar-refractivity contribution in [2.24, 2.45) is 5.73 Å². The molecular weight excluding hydrogens is 268 g/mol. The van der Waals surface area contributed by atoms with E-state index in [2.05, 4.69) is 20.9 Å². The summed E-state index contributed by atoms with van der Waals surface area (Å²) < 4.78 is 6.68. The minimum absolute atomic E-state index is 0.414. The van der Waals surface area contributed by atoms with Gasteiger partial charge in [0.2, 0.25) is 0 Å². The molecule has 2 rings (SSSR count). The summed E-state index contributed by atoms with van der Waals surface area (Å²) in [6.07, 6.45) is 1.69. The number of pyridine rings is 1. The van der Waals surface area contributed by atoms with E-state index in [0.717, 1.165) is 21.7 Å². The lowest BCUT2D eigenvalue weighted by Crippen LogP contribution is -1.99. The average molecular weight is 279 g/mol. The molecule has 1 aromatic carbocycles. The molecule has 1 heterocycles. The molecule has 4 heteroatoms. The predicted molar refractivity (Wildman–Crippen MR) is 66.3 cm³/mol. The fraction of sp³-hybridized carbons (Fsp3) is 0.0833. The zero-order valence-electron chi connectivity index (χ0n) is 8.56. The monoisotopic (exact) mass is 278 g/mol. The summed E-state index contributed by atoms with van der Waals surface area (Å²) in [4.78, 5) is 4.10. The predicted octanol–water partition coefficient (Wildman–Crippen LogP) is 3.10. The number of halogens is 1. The van der Waals surface area contributed by atoms with Crippen molar-refractivity contribution in [1.82, 2.24) is 4.98 Å². The van der Waals surface area contributed by atoms with Gasteiger partial charge in [-0.25, -0.2) is 0 Å². The van der Waals surface area contributed by atoms with Crippen molar-refractivity contribution in [2.45, 2.75) is 6.54 Å². The van der Waals surface area contributed by atoms with Gasteiger partial charge in [0.25, 0.3) is 0 Å². The first-order chi connectivity index (χ1) is 7.78. The van der Waals surface area contributed by atoms with Crippen LogP contribution in [0, 0.1) is 0 Å². The average Bonchev–Trinajstić information content (AvgIpc) is 2.32. The highest BCUT2D eigenvalue weighted by molar-refractivity contribution is 9.10. The van der Waals surface area contributed by atoms with Crippen LogP contribution in [-0.2, 0) is 6.54 Å². The molecule has 0 aliphatic heterocycles. The lowest BCUT2D eigenvalue weighted by molar-refractivity contribution is 0.481. The second kappa shape index (κ2) is 5.09. The number of hydrogen-bond donors (Lipinski definition) is 1. The van der Waals surface area contributed by atoms with Crippen molar-refractivity contribution in [1.29, 1.82) is 0 Å². The molecule has 0 saturated heterocycles. The zero-order chi connectivity index (χ0) is 11.4. The highest BCUT2D eigenvalue weighted by Crippen LogP contribution is 2.23. The van der Waals surface area contributed by atoms with Gasteiger partial charge in [-0.05, 0) is 30.3 Å². The van der Waals surface area contributed by atoms with Crippen LogP contribution in [0.1, 0.15) is 5.69 Å². The highest BCUT2D eigenvalue weighted by Gasteiger charge is 1.98. The molecule has 0 aliphatic carbocycles. The Kier molecular flexibility index (Phi) is 3.54. The molecule has 0 bridgehead atoms. The van der Waals surface area contributed by atoms with Crippen LogP contribution < -0.4 is 10.5 Å². The van der Waals surface area contributed by atoms with Crippen molar-refractivity contribution in [3.63, 3.8) is 0 Å². The van der Waals surface area contributed by atoms with Gasteiger partial charge < -0.3 is 10.5 Å². The number of rotatable bonds is 3. The Morgan fingerprint density at radius 2 is 1.88 bits per heavy atom. The largest absolute Gasteiger partial charge is 0.457 e. The lowest BCUT2D eigenvalue weighted by atomic mass is 10.3. The summed E-state index contributed by atoms with van der Waals surface area (Å²) >= 11 is 3.37. The Morgan fingerprint density at radius 3 is 2.56 bits per heavy atom. The van der Waals surface area contributed by atoms with E-state index in [4.69, 9.17) is 10.5 Å². The molecule has 82 valence electrons. The Labute approximate surface area is 102 Å². The molecule has 0 fully saturated rings. The van der Waals surface area contributed by atoms with Crippen LogP contribution in [0.3, 0.4) is 0 Å². The summed E-state index contributed by atoms with van der Waals surface area (Å²) in [5, 5.41) is 0. The zero-order valence-corrected chi connectivity index (χ0v) is 10.1. The minimum atomic E-state index is 0.414. The van der Waals surface area contributed by atoms with Crippen molar-refractivity contribution in [3.8, 4) is 11.5 Å². The quantitative estimate of drug-likeness (QED) is 0.939. The van der Waals surface area contributed by atoms with Gasteiger partial charge in [0.05, 0.1) is 5.69 Å². The van der Waals surface area contributed by atoms with E-state index < -0.39 is 0 Å². The third-order valence-electron chi connectivity index (χ3n) is 2.05. The summed E-state index contributed by atoms with van der Waals surface area (Å²) in [6.45, 7) is 0.414. The van der Waals surface area contributed by atoms with Gasteiger partial charge in [-0.1, -0.05) is 15.9 Å². The fourth-order valence-corrected chi connectivity index (χ4v) is 1.53. The van der Waals surface area contributed by atoms with Gasteiger partial charge in [0.1, 0.15) is 11.5 Å². The topological polar surface area (TPSA) is 48.1 Å². The number of nitrogens with zero attached hydrogens (tertiary/aromatic N) is 1. The standard InChI is InChI=1S/C12H11BrN2O/c13-9-1-3-11(4-2-9)16-12-5-6-15-10(7-12)8-14/h1-7H,8,14H2. The first-order valence-corrected chi connectivity index (χ1v) is 5.65. The number of nitrogens with two attached hydrogens (primary N) is 1. The van der Waals surface area contributed by atoms with Crippen LogP contribution in [0.15, 0.2) is 47.1 Å². The second-order valence-electron chi connectivity index (χ2n) is 3.24. The molecule has 0 atom stereocenters. The van der Waals surface area contributed by atoms with E-state index in [9.17, 15) is 0 Å². The summed E-state index contributed by atoms with van der Waals surface area (Å²) in [5.41, 5.74) is 6.32. The molecule has 0 spiro atoms. The van der Waals surface area contributed by atoms with E-state index >= 15 is 0 Å². The number of ether oxygens (including phenoxy) is 1. The number of hydrogen-bond acceptors (Lipinski definition) is 3. The van der Waals surface area contributed by atoms with Crippen molar-refractivity contribution in [2.75, 3.05) is 0 Å². The maximum absolute atomic E-state index is 5.66. The van der Waals surface area contributed by atoms with Crippen LogP contribution >= 0.6 is 15.9 Å². The third kappa shape index (κ3) is 2.81. The van der Waals surface area contributed by atoms with Gasteiger partial charge in [-0.15, -0.1) is 0 Å². The van der Waals surface area contributed by atoms with Crippen molar-refractivity contribution in [3.05, 3.63) is 52.8 Å². The molecule has 0 radical (unpaired) electrons. The van der Waals surface area contributed by atoms with Gasteiger partial charge in [0.15, 0.2) is 0 Å². The molecule has 16 heavy (non-hydrogen) atoms. The van der Waals surface area contributed by atoms with E-state index in [1.54, 1.807) is 12.3 Å². The van der Waals surface area contributed by atoms with Crippen LogP contribution in [0.5, 0.6) is 11.5 Å². The van der Waals surface area contributed by atoms with Gasteiger partial charge in [-0.2, -0.15) is 0 Å². The van der Waals surface area contributed by atoms with Gasteiger partial charge in [0, 0.05) is 23.3 Å². The van der Waals surface area contributed by atoms with Gasteiger partial charge >= 0.3 is 0 Å². The minimum Gasteiger partial charge on any atom is -0.457 e. The van der Waals surface area contributed by atoms with Crippen LogP contribution in [0.4, 0.5) is 0 Å². The summed E-state index contributed by atoms with van der Waals surface area (Å²) in [6, 6.07) is 11.3. The van der Waals surface area contributed by atoms with Crippen molar-refractivity contribution >= 4 is 15.9 Å². The van der Waals surface area contributed by atoms with E-state index in [1.807, 2.05) is 30.3 Å². The molecule has 0 unspecified atom stereocenters. The van der Waals surface area contributed by atoms with E-state index in [1.165, 1.54) is 0 Å². The Bertz CT molecular complexity index is 471. The highest BCUT2D eigenvalue weighted by atomic mass is 79.9. The van der Waals surface area contributed by atoms with E-state index in [0.29, 0.717) is 6.54 Å². The molecule has 2 N–H and O–H groups in total. The maximum atomic E-state index is 5.66. The second-order valence-corrected chi connectivity index (χ2v) is 4.16. The lowest BCUT2D eigenvalue weighted by Gasteiger charge is -2.06. The maximum Gasteiger partial charge on any atom is 0.130 e. The molecule has 1 aromatic heterocycles. The van der Waals surface area contributed by atoms with Crippen LogP contribution in [0.2, 0.25) is 0 Å². The van der Waals surface area contributed by atoms with Gasteiger partial charge in [-0.3, -0.25) is 4.98 Å². The van der Waals surface area contributed by atoms with Crippen LogP contribution in [0.25, 0.3) is 0 Å². The molecule has 0 amide bonds. The molecule has 2 aromatic rings. The summed E-state index contributed by atoms with van der Waals surface area (Å²) in [7, 11) is 0. The van der Waals surface area contributed by atoms with Crippen LogP contribution in [-0.4, -0.2) is 4.98 Å². The SMILES string of the molecule is NCc1cc(Oc2ccc(Br)cc2)ccn1. The first kappa shape index (κ1) is 11.1. The normalized spacial score (nSPS) is 10.1. The summed E-state index contributed by atoms with van der Waals surface area (Å²) in [5.74, 6) is 1.54. The Balaban J connectivity index is 2.16. The smallest absolute Gasteiger partial charge is 0.130 e. The number of benzene rings is 1. The molecule has 0 aliphatic rings. The van der Waals surface area contributed by atoms with E-state index in [-0.39, 0.29) is 0 Å². The molecule has 0 saturated carbocycles.